The molecule has 0 radical (unpaired) electrons. The highest BCUT2D eigenvalue weighted by Crippen LogP contribution is 2.06. The molecule has 2 aromatic heterocycles. The summed E-state index contributed by atoms with van der Waals surface area (Å²) in [5, 5.41) is 10.6. The van der Waals surface area contributed by atoms with Crippen LogP contribution in [-0.2, 0) is 6.42 Å². The topological polar surface area (TPSA) is 108 Å². The Hall–Kier alpha value is -2.58. The van der Waals surface area contributed by atoms with Crippen molar-refractivity contribution < 1.29 is 9.59 Å². The fourth-order valence-corrected chi connectivity index (χ4v) is 1.77. The van der Waals surface area contributed by atoms with E-state index in [0.717, 1.165) is 4.68 Å². The monoisotopic (exact) mass is 305 g/mol. The molecule has 0 saturated heterocycles. The van der Waals surface area contributed by atoms with Crippen LogP contribution in [0.1, 0.15) is 31.4 Å². The molecule has 1 atom stereocenters. The lowest BCUT2D eigenvalue weighted by atomic mass is 10.1. The van der Waals surface area contributed by atoms with Crippen molar-refractivity contribution in [1.29, 1.82) is 0 Å². The van der Waals surface area contributed by atoms with Crippen LogP contribution in [-0.4, -0.2) is 48.0 Å². The third-order valence-electron chi connectivity index (χ3n) is 2.96. The van der Waals surface area contributed by atoms with E-state index in [-0.39, 0.29) is 17.9 Å². The number of hydrogen-bond donors (Lipinski definition) is 1. The predicted octanol–water partition coefficient (Wildman–Crippen LogP) is 0.602. The van der Waals surface area contributed by atoms with Crippen LogP contribution in [0, 0.1) is 11.8 Å². The fraction of sp³-hybridized carbons (Fsp3) is 0.538. The molecule has 0 aliphatic heterocycles. The lowest BCUT2D eigenvalue weighted by molar-refractivity contribution is 0.0825. The Labute approximate surface area is 127 Å². The first-order chi connectivity index (χ1) is 10.5. The molecule has 2 aromatic rings. The zero-order valence-electron chi connectivity index (χ0n) is 12.8. The van der Waals surface area contributed by atoms with Gasteiger partial charge in [0.15, 0.2) is 5.82 Å². The summed E-state index contributed by atoms with van der Waals surface area (Å²) in [6.45, 7) is 6.33. The highest BCUT2D eigenvalue weighted by atomic mass is 16.2. The number of hydrogen-bond acceptors (Lipinski definition) is 6. The third-order valence-corrected chi connectivity index (χ3v) is 2.96. The summed E-state index contributed by atoms with van der Waals surface area (Å²) >= 11 is 0. The van der Waals surface area contributed by atoms with Gasteiger partial charge in [0.05, 0.1) is 0 Å². The van der Waals surface area contributed by atoms with Gasteiger partial charge in [-0.15, -0.1) is 5.10 Å². The molecule has 118 valence electrons. The normalized spacial score (nSPS) is 12.4. The number of amides is 1. The summed E-state index contributed by atoms with van der Waals surface area (Å²) in [4.78, 5) is 31.7. The molecule has 2 rings (SSSR count). The van der Waals surface area contributed by atoms with E-state index in [4.69, 9.17) is 0 Å². The van der Waals surface area contributed by atoms with E-state index in [1.807, 2.05) is 13.8 Å². The lowest BCUT2D eigenvalue weighted by Crippen LogP contribution is -2.32. The minimum absolute atomic E-state index is 0.196. The van der Waals surface area contributed by atoms with Crippen molar-refractivity contribution in [1.82, 2.24) is 34.8 Å². The summed E-state index contributed by atoms with van der Waals surface area (Å²) < 4.78 is 2.32. The Morgan fingerprint density at radius 3 is 2.64 bits per heavy atom. The maximum Gasteiger partial charge on any atom is 0.343 e. The van der Waals surface area contributed by atoms with Crippen LogP contribution in [0.3, 0.4) is 0 Å². The molecule has 0 aromatic carbocycles. The molecular formula is C13H19N7O2. The van der Waals surface area contributed by atoms with Crippen molar-refractivity contribution in [3.05, 3.63) is 24.8 Å². The largest absolute Gasteiger partial charge is 0.343 e. The lowest BCUT2D eigenvalue weighted by Gasteiger charge is -2.07. The molecule has 0 aliphatic carbocycles. The van der Waals surface area contributed by atoms with E-state index in [1.165, 1.54) is 23.7 Å². The number of rotatable bonds is 5. The second-order valence-electron chi connectivity index (χ2n) is 5.47. The number of carbonyl (C=O) groups is 2. The van der Waals surface area contributed by atoms with Gasteiger partial charge in [0, 0.05) is 18.9 Å². The molecule has 1 unspecified atom stereocenters. The molecule has 1 N–H and O–H groups in total. The minimum Gasteiger partial charge on any atom is -0.336 e. The van der Waals surface area contributed by atoms with Crippen molar-refractivity contribution in [3.63, 3.8) is 0 Å². The summed E-state index contributed by atoms with van der Waals surface area (Å²) in [6.07, 6.45) is 4.32. The van der Waals surface area contributed by atoms with Crippen LogP contribution < -0.4 is 5.32 Å². The van der Waals surface area contributed by atoms with Gasteiger partial charge in [0.2, 0.25) is 0 Å². The van der Waals surface area contributed by atoms with E-state index in [2.05, 4.69) is 25.5 Å². The van der Waals surface area contributed by atoms with Crippen molar-refractivity contribution >= 4 is 11.9 Å². The molecule has 9 nitrogen and oxygen atoms in total. The Kier molecular flexibility index (Phi) is 4.97. The third kappa shape index (κ3) is 3.96. The number of nitrogens with one attached hydrogen (secondary N) is 1. The molecule has 0 fully saturated rings. The second kappa shape index (κ2) is 6.92. The molecular weight excluding hydrogens is 286 g/mol. The first-order valence-corrected chi connectivity index (χ1v) is 7.05. The van der Waals surface area contributed by atoms with Gasteiger partial charge >= 0.3 is 6.03 Å². The summed E-state index contributed by atoms with van der Waals surface area (Å²) in [5.74, 6) is 0.224. The standard InChI is InChI=1S/C13H19N7O2/c1-9(2)5-15-13(22)20-8-16-11(18-20)4-10(3)12(21)19-7-14-6-17-19/h6-10H,4-5H2,1-3H3,(H,15,22). The van der Waals surface area contributed by atoms with Crippen LogP contribution in [0.25, 0.3) is 0 Å². The van der Waals surface area contributed by atoms with E-state index >= 15 is 0 Å². The molecule has 1 amide bonds. The van der Waals surface area contributed by atoms with Crippen LogP contribution in [0.2, 0.25) is 0 Å². The summed E-state index contributed by atoms with van der Waals surface area (Å²) in [7, 11) is 0. The van der Waals surface area contributed by atoms with Crippen molar-refractivity contribution in [2.45, 2.75) is 27.2 Å². The van der Waals surface area contributed by atoms with E-state index in [0.29, 0.717) is 24.7 Å². The number of carbonyl (C=O) groups excluding carboxylic acids is 2. The first kappa shape index (κ1) is 15.8. The highest BCUT2D eigenvalue weighted by Gasteiger charge is 2.19. The summed E-state index contributed by atoms with van der Waals surface area (Å²) in [5.41, 5.74) is 0. The van der Waals surface area contributed by atoms with Crippen molar-refractivity contribution in [3.8, 4) is 0 Å². The molecule has 0 saturated carbocycles. The first-order valence-electron chi connectivity index (χ1n) is 7.05. The van der Waals surface area contributed by atoms with Gasteiger partial charge in [-0.25, -0.2) is 14.8 Å². The molecule has 22 heavy (non-hydrogen) atoms. The highest BCUT2D eigenvalue weighted by molar-refractivity contribution is 5.80. The van der Waals surface area contributed by atoms with Crippen LogP contribution in [0.15, 0.2) is 19.0 Å². The quantitative estimate of drug-likeness (QED) is 0.866. The smallest absolute Gasteiger partial charge is 0.336 e. The zero-order valence-corrected chi connectivity index (χ0v) is 12.8. The van der Waals surface area contributed by atoms with Crippen LogP contribution in [0.4, 0.5) is 4.79 Å². The Balaban J connectivity index is 1.94. The van der Waals surface area contributed by atoms with Crippen molar-refractivity contribution in [2.75, 3.05) is 6.54 Å². The van der Waals surface area contributed by atoms with E-state index in [9.17, 15) is 9.59 Å². The molecule has 9 heteroatoms. The maximum absolute atomic E-state index is 12.0. The minimum atomic E-state index is -0.365. The Bertz CT molecular complexity index is 633. The number of aromatic nitrogens is 6. The molecule has 2 heterocycles. The Morgan fingerprint density at radius 2 is 2.00 bits per heavy atom. The van der Waals surface area contributed by atoms with Crippen LogP contribution in [0.5, 0.6) is 0 Å². The van der Waals surface area contributed by atoms with E-state index in [1.54, 1.807) is 6.92 Å². The summed E-state index contributed by atoms with van der Waals surface area (Å²) in [6, 6.07) is -0.331. The molecule has 0 aliphatic rings. The van der Waals surface area contributed by atoms with Gasteiger partial charge in [0.25, 0.3) is 5.91 Å². The fourth-order valence-electron chi connectivity index (χ4n) is 1.77. The van der Waals surface area contributed by atoms with Gasteiger partial charge in [-0.2, -0.15) is 14.5 Å². The van der Waals surface area contributed by atoms with Crippen LogP contribution >= 0.6 is 0 Å². The SMILES string of the molecule is CC(C)CNC(=O)n1cnc(CC(C)C(=O)n2cncn2)n1. The number of nitrogens with zero attached hydrogens (tertiary/aromatic N) is 6. The zero-order chi connectivity index (χ0) is 16.1. The average Bonchev–Trinajstić information content (AvgIpc) is 3.15. The van der Waals surface area contributed by atoms with Gasteiger partial charge in [-0.05, 0) is 5.92 Å². The van der Waals surface area contributed by atoms with E-state index < -0.39 is 0 Å². The van der Waals surface area contributed by atoms with Gasteiger partial charge in [-0.1, -0.05) is 20.8 Å². The van der Waals surface area contributed by atoms with Gasteiger partial charge in [-0.3, -0.25) is 4.79 Å². The van der Waals surface area contributed by atoms with Gasteiger partial charge < -0.3 is 5.32 Å². The maximum atomic E-state index is 12.0. The van der Waals surface area contributed by atoms with Gasteiger partial charge in [0.1, 0.15) is 19.0 Å². The molecule has 0 spiro atoms. The predicted molar refractivity (Wildman–Crippen MR) is 77.2 cm³/mol. The Morgan fingerprint density at radius 1 is 1.23 bits per heavy atom. The average molecular weight is 305 g/mol. The molecule has 0 bridgehead atoms. The second-order valence-corrected chi connectivity index (χ2v) is 5.47. The van der Waals surface area contributed by atoms with Crippen molar-refractivity contribution in [2.24, 2.45) is 11.8 Å².